The average Bonchev–Trinajstić information content (AvgIpc) is 2.45. The highest BCUT2D eigenvalue weighted by Crippen LogP contribution is 2.25. The van der Waals surface area contributed by atoms with Crippen LogP contribution < -0.4 is 4.90 Å². The van der Waals surface area contributed by atoms with Gasteiger partial charge in [-0.05, 0) is 23.7 Å². The average molecular weight is 294 g/mol. The topological polar surface area (TPSA) is 85.0 Å². The van der Waals surface area contributed by atoms with Crippen LogP contribution in [0.3, 0.4) is 0 Å². The molecule has 0 aliphatic heterocycles. The van der Waals surface area contributed by atoms with Gasteiger partial charge in [0.15, 0.2) is 0 Å². The Balaban J connectivity index is 2.14. The van der Waals surface area contributed by atoms with Crippen molar-refractivity contribution in [2.24, 2.45) is 0 Å². The maximum Gasteiger partial charge on any atom is 0.329 e. The summed E-state index contributed by atoms with van der Waals surface area (Å²) < 4.78 is 0. The number of likely N-dealkylation sites (N-methyl/N-ethyl adjacent to an activating group) is 1. The van der Waals surface area contributed by atoms with Gasteiger partial charge in [0.2, 0.25) is 11.1 Å². The minimum Gasteiger partial charge on any atom is -0.353 e. The van der Waals surface area contributed by atoms with Crippen molar-refractivity contribution >= 4 is 23.1 Å². The molecule has 0 bridgehead atoms. The van der Waals surface area contributed by atoms with E-state index in [1.54, 1.807) is 18.1 Å². The third kappa shape index (κ3) is 3.39. The van der Waals surface area contributed by atoms with Crippen LogP contribution in [-0.4, -0.2) is 33.5 Å². The van der Waals surface area contributed by atoms with Crippen LogP contribution in [0.4, 0.5) is 11.5 Å². The third-order valence-electron chi connectivity index (χ3n) is 2.71. The van der Waals surface area contributed by atoms with Crippen LogP contribution >= 0.6 is 11.6 Å². The van der Waals surface area contributed by atoms with Crippen molar-refractivity contribution in [2.75, 3.05) is 18.5 Å². The summed E-state index contributed by atoms with van der Waals surface area (Å²) >= 11 is 5.70. The Kier molecular flexibility index (Phi) is 4.41. The SMILES string of the molecule is CN(CCc1ccccn1)c1nc(Cl)ncc1[N+](=O)[O-]. The lowest BCUT2D eigenvalue weighted by Gasteiger charge is -2.17. The largest absolute Gasteiger partial charge is 0.353 e. The summed E-state index contributed by atoms with van der Waals surface area (Å²) in [6.45, 7) is 0.533. The molecule has 0 unspecified atom stereocenters. The highest BCUT2D eigenvalue weighted by atomic mass is 35.5. The van der Waals surface area contributed by atoms with Crippen LogP contribution in [-0.2, 0) is 6.42 Å². The maximum absolute atomic E-state index is 11.0. The summed E-state index contributed by atoms with van der Waals surface area (Å²) in [5.41, 5.74) is 0.736. The van der Waals surface area contributed by atoms with E-state index < -0.39 is 4.92 Å². The van der Waals surface area contributed by atoms with Gasteiger partial charge in [-0.3, -0.25) is 15.1 Å². The lowest BCUT2D eigenvalue weighted by Crippen LogP contribution is -2.23. The molecule has 0 aliphatic carbocycles. The first kappa shape index (κ1) is 14.1. The first-order valence-electron chi connectivity index (χ1n) is 5.86. The van der Waals surface area contributed by atoms with Crippen LogP contribution in [0.15, 0.2) is 30.6 Å². The van der Waals surface area contributed by atoms with E-state index in [4.69, 9.17) is 11.6 Å². The van der Waals surface area contributed by atoms with Gasteiger partial charge in [0, 0.05) is 31.9 Å². The number of hydrogen-bond donors (Lipinski definition) is 0. The second kappa shape index (κ2) is 6.25. The molecule has 0 aromatic carbocycles. The van der Waals surface area contributed by atoms with Gasteiger partial charge in [-0.25, -0.2) is 4.98 Å². The number of rotatable bonds is 5. The van der Waals surface area contributed by atoms with Crippen molar-refractivity contribution in [1.29, 1.82) is 0 Å². The molecule has 8 heteroatoms. The fraction of sp³-hybridized carbons (Fsp3) is 0.250. The summed E-state index contributed by atoms with van der Waals surface area (Å²) in [6.07, 6.45) is 3.47. The molecule has 0 saturated heterocycles. The molecule has 104 valence electrons. The summed E-state index contributed by atoms with van der Waals surface area (Å²) in [7, 11) is 1.72. The van der Waals surface area contributed by atoms with Gasteiger partial charge < -0.3 is 4.90 Å². The molecule has 0 fully saturated rings. The summed E-state index contributed by atoms with van der Waals surface area (Å²) in [6, 6.07) is 5.63. The molecule has 0 spiro atoms. The van der Waals surface area contributed by atoms with Crippen LogP contribution in [0.25, 0.3) is 0 Å². The molecule has 2 rings (SSSR count). The first-order valence-corrected chi connectivity index (χ1v) is 6.23. The molecule has 0 N–H and O–H groups in total. The first-order chi connectivity index (χ1) is 9.58. The fourth-order valence-electron chi connectivity index (χ4n) is 1.69. The highest BCUT2D eigenvalue weighted by molar-refractivity contribution is 6.28. The molecular weight excluding hydrogens is 282 g/mol. The zero-order valence-electron chi connectivity index (χ0n) is 10.7. The number of aromatic nitrogens is 3. The molecular formula is C12H12ClN5O2. The van der Waals surface area contributed by atoms with Crippen molar-refractivity contribution in [1.82, 2.24) is 15.0 Å². The van der Waals surface area contributed by atoms with Gasteiger partial charge in [0.05, 0.1) is 4.92 Å². The number of pyridine rings is 1. The number of hydrogen-bond acceptors (Lipinski definition) is 6. The second-order valence-corrected chi connectivity index (χ2v) is 4.44. The smallest absolute Gasteiger partial charge is 0.329 e. The minimum atomic E-state index is -0.525. The number of nitrogens with zero attached hydrogens (tertiary/aromatic N) is 5. The molecule has 0 atom stereocenters. The van der Waals surface area contributed by atoms with Gasteiger partial charge in [-0.15, -0.1) is 0 Å². The molecule has 2 aromatic rings. The van der Waals surface area contributed by atoms with Crippen molar-refractivity contribution in [3.63, 3.8) is 0 Å². The normalized spacial score (nSPS) is 10.3. The lowest BCUT2D eigenvalue weighted by atomic mass is 10.2. The number of anilines is 1. The summed E-state index contributed by atoms with van der Waals surface area (Å²) in [4.78, 5) is 23.9. The second-order valence-electron chi connectivity index (χ2n) is 4.10. The van der Waals surface area contributed by atoms with E-state index in [1.165, 1.54) is 0 Å². The minimum absolute atomic E-state index is 0.0183. The zero-order valence-corrected chi connectivity index (χ0v) is 11.5. The van der Waals surface area contributed by atoms with Gasteiger partial charge in [0.1, 0.15) is 6.20 Å². The fourth-order valence-corrected chi connectivity index (χ4v) is 1.82. The Bertz CT molecular complexity index is 608. The van der Waals surface area contributed by atoms with E-state index in [9.17, 15) is 10.1 Å². The van der Waals surface area contributed by atoms with Gasteiger partial charge in [-0.2, -0.15) is 4.98 Å². The molecule has 0 amide bonds. The third-order valence-corrected chi connectivity index (χ3v) is 2.89. The van der Waals surface area contributed by atoms with Gasteiger partial charge >= 0.3 is 5.69 Å². The monoisotopic (exact) mass is 293 g/mol. The number of halogens is 1. The zero-order chi connectivity index (χ0) is 14.5. The molecule has 0 saturated carbocycles. The van der Waals surface area contributed by atoms with Crippen molar-refractivity contribution < 1.29 is 4.92 Å². The van der Waals surface area contributed by atoms with Gasteiger partial charge in [-0.1, -0.05) is 6.07 Å². The summed E-state index contributed by atoms with van der Waals surface area (Å²) in [5.74, 6) is 0.200. The van der Waals surface area contributed by atoms with E-state index in [-0.39, 0.29) is 16.8 Å². The van der Waals surface area contributed by atoms with Crippen LogP contribution in [0, 0.1) is 10.1 Å². The van der Waals surface area contributed by atoms with E-state index in [1.807, 2.05) is 18.2 Å². The van der Waals surface area contributed by atoms with E-state index in [0.29, 0.717) is 13.0 Å². The van der Waals surface area contributed by atoms with Crippen molar-refractivity contribution in [3.05, 3.63) is 51.7 Å². The molecule has 2 heterocycles. The number of nitro groups is 1. The van der Waals surface area contributed by atoms with E-state index >= 15 is 0 Å². The van der Waals surface area contributed by atoms with E-state index in [0.717, 1.165) is 11.9 Å². The quantitative estimate of drug-likeness (QED) is 0.477. The van der Waals surface area contributed by atoms with Crippen molar-refractivity contribution in [3.8, 4) is 0 Å². The molecule has 0 aliphatic rings. The Labute approximate surface area is 120 Å². The molecule has 20 heavy (non-hydrogen) atoms. The lowest BCUT2D eigenvalue weighted by molar-refractivity contribution is -0.384. The summed E-state index contributed by atoms with van der Waals surface area (Å²) in [5, 5.41) is 10.9. The van der Waals surface area contributed by atoms with E-state index in [2.05, 4.69) is 15.0 Å². The molecule has 0 radical (unpaired) electrons. The Morgan fingerprint density at radius 3 is 2.85 bits per heavy atom. The van der Waals surface area contributed by atoms with Crippen LogP contribution in [0.5, 0.6) is 0 Å². The maximum atomic E-state index is 11.0. The van der Waals surface area contributed by atoms with Crippen LogP contribution in [0.2, 0.25) is 5.28 Å². The Morgan fingerprint density at radius 1 is 1.40 bits per heavy atom. The predicted octanol–water partition coefficient (Wildman–Crippen LogP) is 2.11. The van der Waals surface area contributed by atoms with Crippen LogP contribution in [0.1, 0.15) is 5.69 Å². The standard InChI is InChI=1S/C12H12ClN5O2/c1-17(7-5-9-4-2-3-6-14-9)11-10(18(19)20)8-15-12(13)16-11/h2-4,6,8H,5,7H2,1H3. The Hall–Kier alpha value is -2.28. The van der Waals surface area contributed by atoms with Crippen molar-refractivity contribution in [2.45, 2.75) is 6.42 Å². The Morgan fingerprint density at radius 2 is 2.20 bits per heavy atom. The van der Waals surface area contributed by atoms with Gasteiger partial charge in [0.25, 0.3) is 0 Å². The predicted molar refractivity (Wildman–Crippen MR) is 74.9 cm³/mol. The molecule has 2 aromatic heterocycles. The highest BCUT2D eigenvalue weighted by Gasteiger charge is 2.20. The molecule has 7 nitrogen and oxygen atoms in total.